The molecule has 18 heavy (non-hydrogen) atoms. The Morgan fingerprint density at radius 2 is 1.83 bits per heavy atom. The molecule has 2 aromatic carbocycles. The lowest BCUT2D eigenvalue weighted by atomic mass is 10.0. The van der Waals surface area contributed by atoms with Crippen molar-refractivity contribution in [2.24, 2.45) is 0 Å². The van der Waals surface area contributed by atoms with Gasteiger partial charge in [0, 0.05) is 13.4 Å². The molecule has 0 nitrogen and oxygen atoms in total. The molecule has 1 unspecified atom stereocenters. The fourth-order valence-corrected chi connectivity index (χ4v) is 3.87. The lowest BCUT2D eigenvalue weighted by molar-refractivity contribution is 0.625. The van der Waals surface area contributed by atoms with Crippen molar-refractivity contribution in [3.05, 3.63) is 68.0 Å². The van der Waals surface area contributed by atoms with Gasteiger partial charge in [0.05, 0.1) is 0 Å². The smallest absolute Gasteiger partial charge is 0.124 e. The van der Waals surface area contributed by atoms with Gasteiger partial charge in [0.25, 0.3) is 0 Å². The van der Waals surface area contributed by atoms with Gasteiger partial charge in [0.15, 0.2) is 0 Å². The second-order valence-corrected chi connectivity index (χ2v) is 6.67. The molecule has 0 bridgehead atoms. The van der Waals surface area contributed by atoms with E-state index in [9.17, 15) is 4.39 Å². The molecule has 0 aromatic heterocycles. The van der Waals surface area contributed by atoms with Gasteiger partial charge in [-0.25, -0.2) is 4.39 Å². The third kappa shape index (κ3) is 3.68. The fraction of sp³-hybridized carbons (Fsp3) is 0.143. The normalized spacial score (nSPS) is 12.4. The first-order chi connectivity index (χ1) is 8.56. The Balaban J connectivity index is 2.16. The van der Waals surface area contributed by atoms with Crippen molar-refractivity contribution in [3.63, 3.8) is 0 Å². The van der Waals surface area contributed by atoms with Gasteiger partial charge in [-0.15, -0.1) is 0 Å². The highest BCUT2D eigenvalue weighted by Gasteiger charge is 2.12. The van der Waals surface area contributed by atoms with Crippen LogP contribution in [0, 0.1) is 9.39 Å². The minimum absolute atomic E-state index is 0.172. The van der Waals surface area contributed by atoms with E-state index in [1.165, 1.54) is 11.6 Å². The van der Waals surface area contributed by atoms with Crippen LogP contribution in [-0.4, -0.2) is 0 Å². The largest absolute Gasteiger partial charge is 0.207 e. The molecule has 0 radical (unpaired) electrons. The van der Waals surface area contributed by atoms with Crippen molar-refractivity contribution in [1.29, 1.82) is 0 Å². The van der Waals surface area contributed by atoms with Crippen LogP contribution in [0.1, 0.15) is 16.0 Å². The highest BCUT2D eigenvalue weighted by atomic mass is 127. The van der Waals surface area contributed by atoms with Crippen molar-refractivity contribution in [3.8, 4) is 0 Å². The topological polar surface area (TPSA) is 0 Å². The minimum atomic E-state index is -0.200. The Morgan fingerprint density at radius 3 is 2.44 bits per heavy atom. The zero-order valence-electron chi connectivity index (χ0n) is 9.34. The lowest BCUT2D eigenvalue weighted by Gasteiger charge is -2.12. The van der Waals surface area contributed by atoms with Crippen LogP contribution in [0.15, 0.2) is 42.5 Å². The van der Waals surface area contributed by atoms with Crippen LogP contribution in [0.25, 0.3) is 0 Å². The summed E-state index contributed by atoms with van der Waals surface area (Å²) in [6.07, 6.45) is 0.846. The van der Waals surface area contributed by atoms with Gasteiger partial charge >= 0.3 is 0 Å². The summed E-state index contributed by atoms with van der Waals surface area (Å²) in [6, 6.07) is 12.6. The molecule has 0 amide bonds. The lowest BCUT2D eigenvalue weighted by Crippen LogP contribution is -1.98. The maximum Gasteiger partial charge on any atom is 0.124 e. The summed E-state index contributed by atoms with van der Waals surface area (Å²) < 4.78 is 14.0. The molecule has 0 spiro atoms. The van der Waals surface area contributed by atoms with Crippen LogP contribution in [-0.2, 0) is 6.42 Å². The third-order valence-corrected chi connectivity index (χ3v) is 4.63. The van der Waals surface area contributed by atoms with Crippen molar-refractivity contribution < 1.29 is 4.39 Å². The van der Waals surface area contributed by atoms with Crippen molar-refractivity contribution in [2.75, 3.05) is 0 Å². The van der Waals surface area contributed by atoms with Gasteiger partial charge in [0.1, 0.15) is 5.82 Å². The fourth-order valence-electron chi connectivity index (χ4n) is 1.69. The van der Waals surface area contributed by atoms with Crippen molar-refractivity contribution in [1.82, 2.24) is 0 Å². The molecule has 0 aliphatic heterocycles. The molecule has 2 aromatic rings. The summed E-state index contributed by atoms with van der Waals surface area (Å²) in [5, 5.41) is 0.737. The minimum Gasteiger partial charge on any atom is -0.207 e. The van der Waals surface area contributed by atoms with E-state index in [1.54, 1.807) is 6.07 Å². The van der Waals surface area contributed by atoms with Crippen LogP contribution in [0.5, 0.6) is 0 Å². The van der Waals surface area contributed by atoms with Gasteiger partial charge in [-0.2, -0.15) is 0 Å². The molecule has 0 saturated carbocycles. The number of benzene rings is 2. The second-order valence-electron chi connectivity index (χ2n) is 3.96. The Morgan fingerprint density at radius 1 is 1.17 bits per heavy atom. The molecule has 4 heteroatoms. The monoisotopic (exact) mass is 438 g/mol. The zero-order valence-corrected chi connectivity index (χ0v) is 13.8. The summed E-state index contributed by atoms with van der Waals surface area (Å²) >= 11 is 11.7. The van der Waals surface area contributed by atoms with Crippen LogP contribution >= 0.6 is 50.1 Å². The molecule has 0 aliphatic carbocycles. The second kappa shape index (κ2) is 6.35. The maximum absolute atomic E-state index is 13.0. The Hall–Kier alpha value is -0.130. The van der Waals surface area contributed by atoms with E-state index in [0.29, 0.717) is 0 Å². The van der Waals surface area contributed by atoms with Crippen LogP contribution in [0.3, 0.4) is 0 Å². The Kier molecular flexibility index (Phi) is 5.04. The summed E-state index contributed by atoms with van der Waals surface area (Å²) in [6.45, 7) is 0. The van der Waals surface area contributed by atoms with Crippen molar-refractivity contribution >= 4 is 50.1 Å². The van der Waals surface area contributed by atoms with Gasteiger partial charge in [0.2, 0.25) is 0 Å². The quantitative estimate of drug-likeness (QED) is 0.421. The molecule has 0 heterocycles. The van der Waals surface area contributed by atoms with Gasteiger partial charge in [-0.1, -0.05) is 45.7 Å². The predicted molar refractivity (Wildman–Crippen MR) is 85.9 cm³/mol. The number of hydrogen-bond donors (Lipinski definition) is 0. The number of halogens is 4. The highest BCUT2D eigenvalue weighted by molar-refractivity contribution is 14.1. The molecule has 0 N–H and O–H groups in total. The predicted octanol–water partition coefficient (Wildman–Crippen LogP) is 5.76. The molecule has 0 saturated heterocycles. The van der Waals surface area contributed by atoms with E-state index in [4.69, 9.17) is 11.6 Å². The summed E-state index contributed by atoms with van der Waals surface area (Å²) in [4.78, 5) is 0.172. The van der Waals surface area contributed by atoms with Crippen molar-refractivity contribution in [2.45, 2.75) is 11.2 Å². The van der Waals surface area contributed by atoms with Gasteiger partial charge in [-0.05, 0) is 64.4 Å². The van der Waals surface area contributed by atoms with E-state index >= 15 is 0 Å². The number of rotatable bonds is 3. The first-order valence-corrected chi connectivity index (χ1v) is 7.77. The molecule has 0 fully saturated rings. The Labute approximate surface area is 133 Å². The molecular weight excluding hydrogens is 429 g/mol. The molecule has 1 atom stereocenters. The molecule has 2 rings (SSSR count). The highest BCUT2D eigenvalue weighted by Crippen LogP contribution is 2.31. The van der Waals surface area contributed by atoms with E-state index in [2.05, 4.69) is 38.5 Å². The van der Waals surface area contributed by atoms with Crippen LogP contribution < -0.4 is 0 Å². The van der Waals surface area contributed by atoms with E-state index in [0.717, 1.165) is 20.6 Å². The third-order valence-electron chi connectivity index (χ3n) is 2.63. The summed E-state index contributed by atoms with van der Waals surface area (Å²) in [7, 11) is 0. The first-order valence-electron chi connectivity index (χ1n) is 5.40. The molecule has 0 aliphatic rings. The summed E-state index contributed by atoms with van der Waals surface area (Å²) in [5.74, 6) is -0.200. The number of alkyl halides is 1. The zero-order chi connectivity index (χ0) is 13.1. The Bertz CT molecular complexity index is 542. The molecular formula is C14H10BrClFI. The van der Waals surface area contributed by atoms with E-state index in [1.807, 2.05) is 30.3 Å². The van der Waals surface area contributed by atoms with Crippen LogP contribution in [0.4, 0.5) is 4.39 Å². The summed E-state index contributed by atoms with van der Waals surface area (Å²) in [5.41, 5.74) is 2.30. The first kappa shape index (κ1) is 14.3. The maximum atomic E-state index is 13.0. The van der Waals surface area contributed by atoms with Gasteiger partial charge < -0.3 is 0 Å². The standard InChI is InChI=1S/C14H10BrClFI/c15-13(7-9-1-3-10(16)4-2-9)12-6-5-11(17)8-14(12)18/h1-6,8,13H,7H2. The average molecular weight is 439 g/mol. The average Bonchev–Trinajstić information content (AvgIpc) is 2.32. The van der Waals surface area contributed by atoms with Crippen LogP contribution in [0.2, 0.25) is 5.02 Å². The molecule has 94 valence electrons. The van der Waals surface area contributed by atoms with E-state index < -0.39 is 0 Å². The van der Waals surface area contributed by atoms with E-state index in [-0.39, 0.29) is 10.6 Å². The van der Waals surface area contributed by atoms with Gasteiger partial charge in [-0.3, -0.25) is 0 Å². The SMILES string of the molecule is Fc1ccc(C(Br)Cc2ccc(Cl)cc2)c(I)c1. The number of hydrogen-bond acceptors (Lipinski definition) is 0.